The molecule has 0 aliphatic carbocycles. The fourth-order valence-corrected chi connectivity index (χ4v) is 2.38. The third-order valence-electron chi connectivity index (χ3n) is 4.17. The SMILES string of the molecule is CCC(C)(C)c1ccc(OC)c(C2CNCCO2)c1. The Balaban J connectivity index is 2.36. The van der Waals surface area contributed by atoms with E-state index in [0.29, 0.717) is 0 Å². The number of hydrogen-bond acceptors (Lipinski definition) is 3. The molecule has 0 saturated carbocycles. The van der Waals surface area contributed by atoms with Gasteiger partial charge in [-0.2, -0.15) is 0 Å². The molecule has 1 aromatic carbocycles. The Morgan fingerprint density at radius 3 is 2.79 bits per heavy atom. The first kappa shape index (κ1) is 14.4. The Kier molecular flexibility index (Phi) is 4.48. The van der Waals surface area contributed by atoms with E-state index in [1.165, 1.54) is 5.56 Å². The molecule has 1 aromatic rings. The Bertz CT molecular complexity index is 423. The van der Waals surface area contributed by atoms with Crippen LogP contribution in [0.3, 0.4) is 0 Å². The second kappa shape index (κ2) is 5.93. The predicted molar refractivity (Wildman–Crippen MR) is 77.9 cm³/mol. The van der Waals surface area contributed by atoms with Gasteiger partial charge in [-0.05, 0) is 29.5 Å². The van der Waals surface area contributed by atoms with Crippen LogP contribution in [0.5, 0.6) is 5.75 Å². The molecule has 3 nitrogen and oxygen atoms in total. The first-order valence-electron chi connectivity index (χ1n) is 7.09. The quantitative estimate of drug-likeness (QED) is 0.905. The van der Waals surface area contributed by atoms with Crippen molar-refractivity contribution in [2.75, 3.05) is 26.8 Å². The molecule has 1 atom stereocenters. The van der Waals surface area contributed by atoms with Crippen molar-refractivity contribution in [3.8, 4) is 5.75 Å². The van der Waals surface area contributed by atoms with Gasteiger partial charge in [0.25, 0.3) is 0 Å². The summed E-state index contributed by atoms with van der Waals surface area (Å²) in [6.45, 7) is 9.32. The summed E-state index contributed by atoms with van der Waals surface area (Å²) in [6.07, 6.45) is 1.21. The monoisotopic (exact) mass is 263 g/mol. The van der Waals surface area contributed by atoms with Crippen LogP contribution in [0.1, 0.15) is 44.4 Å². The third-order valence-corrected chi connectivity index (χ3v) is 4.17. The van der Waals surface area contributed by atoms with Crippen LogP contribution < -0.4 is 10.1 Å². The van der Waals surface area contributed by atoms with Crippen molar-refractivity contribution in [1.82, 2.24) is 5.32 Å². The van der Waals surface area contributed by atoms with Crippen LogP contribution in [0, 0.1) is 0 Å². The molecule has 1 N–H and O–H groups in total. The molecule has 106 valence electrons. The first-order valence-corrected chi connectivity index (χ1v) is 7.09. The van der Waals surface area contributed by atoms with Crippen LogP contribution in [0.15, 0.2) is 18.2 Å². The molecule has 0 bridgehead atoms. The minimum absolute atomic E-state index is 0.0938. The molecule has 3 heteroatoms. The molecule has 2 rings (SSSR count). The molecule has 1 aliphatic heterocycles. The van der Waals surface area contributed by atoms with Crippen molar-refractivity contribution in [1.29, 1.82) is 0 Å². The zero-order valence-electron chi connectivity index (χ0n) is 12.5. The summed E-state index contributed by atoms with van der Waals surface area (Å²) >= 11 is 0. The number of rotatable bonds is 4. The molecule has 1 unspecified atom stereocenters. The molecular weight excluding hydrogens is 238 g/mol. The topological polar surface area (TPSA) is 30.5 Å². The Labute approximate surface area is 116 Å². The van der Waals surface area contributed by atoms with E-state index in [4.69, 9.17) is 9.47 Å². The third kappa shape index (κ3) is 3.10. The number of methoxy groups -OCH3 is 1. The molecule has 0 aromatic heterocycles. The average molecular weight is 263 g/mol. The zero-order valence-corrected chi connectivity index (χ0v) is 12.5. The van der Waals surface area contributed by atoms with Gasteiger partial charge in [0.15, 0.2) is 0 Å². The zero-order chi connectivity index (χ0) is 13.9. The minimum Gasteiger partial charge on any atom is -0.496 e. The highest BCUT2D eigenvalue weighted by atomic mass is 16.5. The van der Waals surface area contributed by atoms with Gasteiger partial charge in [-0.3, -0.25) is 0 Å². The number of ether oxygens (including phenoxy) is 2. The van der Waals surface area contributed by atoms with Crippen molar-refractivity contribution in [2.45, 2.75) is 38.7 Å². The van der Waals surface area contributed by atoms with Gasteiger partial charge in [0, 0.05) is 18.7 Å². The average Bonchev–Trinajstić information content (AvgIpc) is 2.47. The standard InChI is InChI=1S/C16H25NO2/c1-5-16(2,3)12-6-7-14(18-4)13(10-12)15-11-17-8-9-19-15/h6-7,10,15,17H,5,8-9,11H2,1-4H3. The second-order valence-electron chi connectivity index (χ2n) is 5.76. The number of nitrogens with one attached hydrogen (secondary N) is 1. The van der Waals surface area contributed by atoms with E-state index < -0.39 is 0 Å². The highest BCUT2D eigenvalue weighted by molar-refractivity contribution is 5.41. The lowest BCUT2D eigenvalue weighted by Crippen LogP contribution is -2.33. The molecule has 0 radical (unpaired) electrons. The van der Waals surface area contributed by atoms with E-state index in [0.717, 1.165) is 37.4 Å². The molecule has 1 saturated heterocycles. The van der Waals surface area contributed by atoms with Gasteiger partial charge < -0.3 is 14.8 Å². The Morgan fingerprint density at radius 1 is 1.42 bits per heavy atom. The predicted octanol–water partition coefficient (Wildman–Crippen LogP) is 3.04. The van der Waals surface area contributed by atoms with Crippen molar-refractivity contribution in [3.05, 3.63) is 29.3 Å². The summed E-state index contributed by atoms with van der Waals surface area (Å²) in [5, 5.41) is 3.38. The highest BCUT2D eigenvalue weighted by Gasteiger charge is 2.24. The van der Waals surface area contributed by atoms with E-state index in [2.05, 4.69) is 44.3 Å². The number of morpholine rings is 1. The Morgan fingerprint density at radius 2 is 2.21 bits per heavy atom. The van der Waals surface area contributed by atoms with Gasteiger partial charge in [0.2, 0.25) is 0 Å². The van der Waals surface area contributed by atoms with E-state index in [1.54, 1.807) is 7.11 Å². The molecule has 1 fully saturated rings. The number of benzene rings is 1. The maximum Gasteiger partial charge on any atom is 0.124 e. The molecule has 1 aliphatic rings. The molecule has 0 amide bonds. The fourth-order valence-electron chi connectivity index (χ4n) is 2.38. The fraction of sp³-hybridized carbons (Fsp3) is 0.625. The van der Waals surface area contributed by atoms with Gasteiger partial charge >= 0.3 is 0 Å². The second-order valence-corrected chi connectivity index (χ2v) is 5.76. The Hall–Kier alpha value is -1.06. The summed E-state index contributed by atoms with van der Waals surface area (Å²) in [5.74, 6) is 0.921. The van der Waals surface area contributed by atoms with Crippen LogP contribution >= 0.6 is 0 Å². The lowest BCUT2D eigenvalue weighted by atomic mass is 9.81. The van der Waals surface area contributed by atoms with Crippen molar-refractivity contribution < 1.29 is 9.47 Å². The van der Waals surface area contributed by atoms with Crippen LogP contribution in [0.2, 0.25) is 0 Å². The summed E-state index contributed by atoms with van der Waals surface area (Å²) in [6, 6.07) is 6.49. The summed E-state index contributed by atoms with van der Waals surface area (Å²) in [4.78, 5) is 0. The minimum atomic E-state index is 0.0938. The summed E-state index contributed by atoms with van der Waals surface area (Å²) in [5.41, 5.74) is 2.69. The van der Waals surface area contributed by atoms with E-state index in [9.17, 15) is 0 Å². The lowest BCUT2D eigenvalue weighted by Gasteiger charge is -2.29. The molecule has 19 heavy (non-hydrogen) atoms. The first-order chi connectivity index (χ1) is 9.08. The van der Waals surface area contributed by atoms with Crippen LogP contribution in [-0.2, 0) is 10.2 Å². The van der Waals surface area contributed by atoms with Gasteiger partial charge in [0.05, 0.1) is 19.8 Å². The van der Waals surface area contributed by atoms with Gasteiger partial charge in [-0.15, -0.1) is 0 Å². The smallest absolute Gasteiger partial charge is 0.124 e. The van der Waals surface area contributed by atoms with Crippen LogP contribution in [-0.4, -0.2) is 26.8 Å². The summed E-state index contributed by atoms with van der Waals surface area (Å²) in [7, 11) is 1.72. The van der Waals surface area contributed by atoms with E-state index in [1.807, 2.05) is 0 Å². The van der Waals surface area contributed by atoms with Crippen molar-refractivity contribution in [3.63, 3.8) is 0 Å². The maximum absolute atomic E-state index is 5.87. The maximum atomic E-state index is 5.87. The molecular formula is C16H25NO2. The van der Waals surface area contributed by atoms with E-state index in [-0.39, 0.29) is 11.5 Å². The molecule has 1 heterocycles. The number of hydrogen-bond donors (Lipinski definition) is 1. The summed E-state index contributed by atoms with van der Waals surface area (Å²) < 4.78 is 11.4. The van der Waals surface area contributed by atoms with Crippen molar-refractivity contribution in [2.24, 2.45) is 0 Å². The van der Waals surface area contributed by atoms with Gasteiger partial charge in [0.1, 0.15) is 5.75 Å². The largest absolute Gasteiger partial charge is 0.496 e. The highest BCUT2D eigenvalue weighted by Crippen LogP contribution is 2.34. The van der Waals surface area contributed by atoms with Gasteiger partial charge in [-0.1, -0.05) is 26.8 Å². The normalized spacial score (nSPS) is 20.3. The molecule has 0 spiro atoms. The van der Waals surface area contributed by atoms with Crippen LogP contribution in [0.4, 0.5) is 0 Å². The van der Waals surface area contributed by atoms with Gasteiger partial charge in [-0.25, -0.2) is 0 Å². The van der Waals surface area contributed by atoms with Crippen molar-refractivity contribution >= 4 is 0 Å². The lowest BCUT2D eigenvalue weighted by molar-refractivity contribution is 0.0262. The van der Waals surface area contributed by atoms with E-state index >= 15 is 0 Å². The van der Waals surface area contributed by atoms with Crippen LogP contribution in [0.25, 0.3) is 0 Å².